The van der Waals surface area contributed by atoms with Crippen LogP contribution in [0, 0.1) is 23.3 Å². The molecule has 3 aromatic carbocycles. The molecule has 0 spiro atoms. The van der Waals surface area contributed by atoms with E-state index < -0.39 is 55.1 Å². The first-order valence-corrected chi connectivity index (χ1v) is 18.4. The van der Waals surface area contributed by atoms with Crippen LogP contribution in [0.4, 0.5) is 17.6 Å². The highest BCUT2D eigenvalue weighted by molar-refractivity contribution is 7.90. The third-order valence-electron chi connectivity index (χ3n) is 8.36. The van der Waals surface area contributed by atoms with Crippen LogP contribution in [0.15, 0.2) is 88.9 Å². The molecule has 8 nitrogen and oxygen atoms in total. The second-order valence-corrected chi connectivity index (χ2v) is 15.6. The van der Waals surface area contributed by atoms with Gasteiger partial charge in [-0.1, -0.05) is 12.1 Å². The van der Waals surface area contributed by atoms with E-state index in [0.717, 1.165) is 24.6 Å². The molecule has 1 aliphatic rings. The molecule has 0 amide bonds. The molecule has 4 aromatic rings. The molecule has 0 saturated carbocycles. The van der Waals surface area contributed by atoms with E-state index in [9.17, 15) is 34.8 Å². The van der Waals surface area contributed by atoms with Gasteiger partial charge in [0, 0.05) is 63.0 Å². The van der Waals surface area contributed by atoms with Gasteiger partial charge in [-0.25, -0.2) is 34.4 Å². The second kappa shape index (κ2) is 14.6. The summed E-state index contributed by atoms with van der Waals surface area (Å²) in [4.78, 5) is 17.3. The summed E-state index contributed by atoms with van der Waals surface area (Å²) in [6.45, 7) is 0.798. The van der Waals surface area contributed by atoms with E-state index in [-0.39, 0.29) is 71.0 Å². The van der Waals surface area contributed by atoms with Crippen molar-refractivity contribution in [3.63, 3.8) is 0 Å². The average molecular weight is 704 g/mol. The van der Waals surface area contributed by atoms with Crippen LogP contribution in [0.1, 0.15) is 41.0 Å². The zero-order chi connectivity index (χ0) is 34.6. The lowest BCUT2D eigenvalue weighted by Crippen LogP contribution is -2.53. The molecule has 0 aliphatic carbocycles. The second-order valence-electron chi connectivity index (χ2n) is 11.7. The van der Waals surface area contributed by atoms with Crippen molar-refractivity contribution >= 4 is 25.6 Å². The normalized spacial score (nSPS) is 16.5. The molecule has 1 aliphatic heterocycles. The van der Waals surface area contributed by atoms with E-state index >= 15 is 4.39 Å². The predicted molar refractivity (Wildman–Crippen MR) is 171 cm³/mol. The highest BCUT2D eigenvalue weighted by Gasteiger charge is 2.34. The van der Waals surface area contributed by atoms with Crippen molar-refractivity contribution < 1.29 is 39.2 Å². The van der Waals surface area contributed by atoms with Crippen molar-refractivity contribution in [3.8, 4) is 0 Å². The first-order valence-electron chi connectivity index (χ1n) is 15.1. The van der Waals surface area contributed by atoms with Crippen molar-refractivity contribution in [1.29, 1.82) is 0 Å². The van der Waals surface area contributed by atoms with Crippen LogP contribution in [0.25, 0.3) is 0 Å². The minimum Gasteiger partial charge on any atom is -0.314 e. The molecule has 1 N–H and O–H groups in total. The van der Waals surface area contributed by atoms with Crippen LogP contribution in [-0.4, -0.2) is 63.8 Å². The zero-order valence-electron chi connectivity index (χ0n) is 25.9. The van der Waals surface area contributed by atoms with E-state index in [1.54, 1.807) is 0 Å². The molecule has 2 heterocycles. The van der Waals surface area contributed by atoms with Gasteiger partial charge >= 0.3 is 0 Å². The number of piperazine rings is 1. The summed E-state index contributed by atoms with van der Waals surface area (Å²) in [6.07, 6.45) is 3.18. The summed E-state index contributed by atoms with van der Waals surface area (Å²) in [6, 6.07) is 12.5. The number of ketones is 1. The number of carbonyl (C=O) groups is 1. The number of aromatic nitrogens is 1. The van der Waals surface area contributed by atoms with E-state index in [4.69, 9.17) is 0 Å². The molecule has 0 unspecified atom stereocenters. The highest BCUT2D eigenvalue weighted by atomic mass is 32.2. The van der Waals surface area contributed by atoms with Gasteiger partial charge in [0.25, 0.3) is 0 Å². The maximum Gasteiger partial charge on any atom is 0.243 e. The van der Waals surface area contributed by atoms with Gasteiger partial charge in [0.1, 0.15) is 29.1 Å². The van der Waals surface area contributed by atoms with Crippen LogP contribution in [0.3, 0.4) is 0 Å². The van der Waals surface area contributed by atoms with Crippen molar-refractivity contribution in [2.45, 2.75) is 47.4 Å². The number of benzene rings is 3. The van der Waals surface area contributed by atoms with Crippen molar-refractivity contribution in [2.75, 3.05) is 25.9 Å². The molecule has 1 saturated heterocycles. The topological polar surface area (TPSA) is 114 Å². The number of Topliss-reactive ketones (excluding diaryl/α,β-unsaturated/α-hetero) is 1. The smallest absolute Gasteiger partial charge is 0.243 e. The van der Waals surface area contributed by atoms with Gasteiger partial charge in [-0.2, -0.15) is 4.31 Å². The molecule has 5 rings (SSSR count). The monoisotopic (exact) mass is 703 g/mol. The number of nitrogens with one attached hydrogen (secondary N) is 1. The van der Waals surface area contributed by atoms with Crippen LogP contribution < -0.4 is 5.32 Å². The standard InChI is InChI=1S/C34H33F4N3O5S2/c1-47(43,44)30-7-9-31(10-8-30)48(45,46)41-13-12-39-20-28(41)6-11-32-24(19-40-21-34(32)38)16-29(42)18-33(22-2-4-25(35)5-3-22)23-14-26(36)17-27(37)15-23/h2-5,7-10,14-15,17,19,21,28,33,39H,6,11-13,16,18,20H2,1H3/t28-,33-/m0/s1. The molecule has 1 fully saturated rings. The van der Waals surface area contributed by atoms with E-state index in [2.05, 4.69) is 10.3 Å². The summed E-state index contributed by atoms with van der Waals surface area (Å²) in [7, 11) is -7.55. The van der Waals surface area contributed by atoms with Crippen molar-refractivity contribution in [3.05, 3.63) is 125 Å². The highest BCUT2D eigenvalue weighted by Crippen LogP contribution is 2.31. The van der Waals surface area contributed by atoms with Crippen molar-refractivity contribution in [1.82, 2.24) is 14.6 Å². The molecule has 0 radical (unpaired) electrons. The lowest BCUT2D eigenvalue weighted by molar-refractivity contribution is -0.118. The number of rotatable bonds is 12. The minimum absolute atomic E-state index is 0.0133. The fourth-order valence-corrected chi connectivity index (χ4v) is 8.24. The predicted octanol–water partition coefficient (Wildman–Crippen LogP) is 4.97. The number of hydrogen-bond donors (Lipinski definition) is 1. The lowest BCUT2D eigenvalue weighted by Gasteiger charge is -2.35. The summed E-state index contributed by atoms with van der Waals surface area (Å²) in [5.41, 5.74) is 1.12. The Hall–Kier alpha value is -3.98. The van der Waals surface area contributed by atoms with Crippen LogP contribution in [0.2, 0.25) is 0 Å². The molecular formula is C34H33F4N3O5S2. The van der Waals surface area contributed by atoms with Gasteiger partial charge in [0.05, 0.1) is 16.0 Å². The average Bonchev–Trinajstić information content (AvgIpc) is 3.03. The number of nitrogens with zero attached hydrogens (tertiary/aromatic N) is 2. The maximum absolute atomic E-state index is 15.2. The van der Waals surface area contributed by atoms with E-state index in [1.807, 2.05) is 0 Å². The van der Waals surface area contributed by atoms with E-state index in [1.165, 1.54) is 59.0 Å². The Morgan fingerprint density at radius 2 is 1.52 bits per heavy atom. The van der Waals surface area contributed by atoms with Gasteiger partial charge in [0.2, 0.25) is 10.0 Å². The molecule has 1 aromatic heterocycles. The van der Waals surface area contributed by atoms with Gasteiger partial charge in [-0.05, 0) is 83.6 Å². The van der Waals surface area contributed by atoms with Crippen molar-refractivity contribution in [2.24, 2.45) is 0 Å². The quantitative estimate of drug-likeness (QED) is 0.208. The first kappa shape index (κ1) is 35.3. The number of hydrogen-bond acceptors (Lipinski definition) is 7. The number of carbonyl (C=O) groups excluding carboxylic acids is 1. The molecule has 2 atom stereocenters. The van der Waals surface area contributed by atoms with Crippen LogP contribution in [0.5, 0.6) is 0 Å². The van der Waals surface area contributed by atoms with Gasteiger partial charge < -0.3 is 5.32 Å². The third-order valence-corrected chi connectivity index (χ3v) is 11.4. The number of halogens is 4. The van der Waals surface area contributed by atoms with Gasteiger partial charge in [-0.3, -0.25) is 9.78 Å². The van der Waals surface area contributed by atoms with Gasteiger partial charge in [0.15, 0.2) is 9.84 Å². The molecule has 14 heteroatoms. The van der Waals surface area contributed by atoms with E-state index in [0.29, 0.717) is 18.2 Å². The zero-order valence-corrected chi connectivity index (χ0v) is 27.5. The summed E-state index contributed by atoms with van der Waals surface area (Å²) in [5, 5.41) is 3.16. The number of pyridine rings is 1. The molecule has 254 valence electrons. The summed E-state index contributed by atoms with van der Waals surface area (Å²) >= 11 is 0. The third kappa shape index (κ3) is 8.35. The van der Waals surface area contributed by atoms with Crippen LogP contribution in [-0.2, 0) is 37.5 Å². The number of sulfone groups is 1. The Bertz CT molecular complexity index is 1990. The summed E-state index contributed by atoms with van der Waals surface area (Å²) < 4.78 is 109. The Morgan fingerprint density at radius 3 is 2.17 bits per heavy atom. The lowest BCUT2D eigenvalue weighted by atomic mass is 9.85. The fraction of sp³-hybridized carbons (Fsp3) is 0.294. The Morgan fingerprint density at radius 1 is 0.875 bits per heavy atom. The fourth-order valence-electron chi connectivity index (χ4n) is 5.96. The molecular weight excluding hydrogens is 671 g/mol. The Balaban J connectivity index is 1.34. The number of sulfonamides is 1. The molecule has 0 bridgehead atoms. The largest absolute Gasteiger partial charge is 0.314 e. The SMILES string of the molecule is CS(=O)(=O)c1ccc(S(=O)(=O)N2CCNC[C@@H]2CCc2c(F)cncc2CC(=O)C[C@@H](c2ccc(F)cc2)c2cc(F)cc(F)c2)cc1. The Labute approximate surface area is 276 Å². The Kier molecular flexibility index (Phi) is 10.8. The molecule has 48 heavy (non-hydrogen) atoms. The minimum atomic E-state index is -4.03. The summed E-state index contributed by atoms with van der Waals surface area (Å²) in [5.74, 6) is -4.05. The first-order chi connectivity index (χ1) is 22.7. The maximum atomic E-state index is 15.2. The van der Waals surface area contributed by atoms with Gasteiger partial charge in [-0.15, -0.1) is 0 Å². The van der Waals surface area contributed by atoms with Crippen LogP contribution >= 0.6 is 0 Å².